The number of fused-ring (bicyclic) bond motifs is 2. The van der Waals surface area contributed by atoms with Crippen LogP contribution in [0.15, 0.2) is 27.5 Å². The van der Waals surface area contributed by atoms with Gasteiger partial charge in [-0.25, -0.2) is 9.37 Å². The zero-order chi connectivity index (χ0) is 28.7. The number of aromatic hydroxyl groups is 1. The highest BCUT2D eigenvalue weighted by atomic mass is 79.9. The first-order valence-electron chi connectivity index (χ1n) is 12.7. The molecule has 1 aromatic carbocycles. The van der Waals surface area contributed by atoms with Gasteiger partial charge in [-0.2, -0.15) is 0 Å². The number of amides is 2. The second-order valence-electron chi connectivity index (χ2n) is 11.3. The number of likely N-dealkylation sites (N-methyl/N-ethyl adjacent to an activating group) is 1. The SMILES string of the molecule is CN(C)CC12CCC(CC(=O)C(=O)N(C)C)(CC1)c1nc(C(=O)NCc3ccc(F)c(Br)c3)c(O)c(=O)n1C2. The van der Waals surface area contributed by atoms with Crippen LogP contribution < -0.4 is 10.9 Å². The predicted molar refractivity (Wildman–Crippen MR) is 145 cm³/mol. The molecule has 2 amide bonds. The summed E-state index contributed by atoms with van der Waals surface area (Å²) < 4.78 is 15.2. The number of hydrogen-bond donors (Lipinski definition) is 2. The van der Waals surface area contributed by atoms with E-state index in [2.05, 4.69) is 26.2 Å². The summed E-state index contributed by atoms with van der Waals surface area (Å²) in [6.45, 7) is 0.975. The molecule has 39 heavy (non-hydrogen) atoms. The van der Waals surface area contributed by atoms with E-state index in [-0.39, 0.29) is 35.2 Å². The molecule has 2 aliphatic heterocycles. The van der Waals surface area contributed by atoms with Gasteiger partial charge in [-0.15, -0.1) is 0 Å². The second-order valence-corrected chi connectivity index (χ2v) is 12.1. The average Bonchev–Trinajstić information content (AvgIpc) is 3.08. The fraction of sp³-hybridized carbons (Fsp3) is 0.519. The first kappa shape index (κ1) is 28.9. The molecule has 2 N–H and O–H groups in total. The molecule has 2 aromatic rings. The van der Waals surface area contributed by atoms with Crippen LogP contribution in [0.3, 0.4) is 0 Å². The minimum absolute atomic E-state index is 0.00413. The minimum Gasteiger partial charge on any atom is -0.501 e. The molecule has 0 radical (unpaired) electrons. The first-order valence-corrected chi connectivity index (χ1v) is 13.5. The van der Waals surface area contributed by atoms with Gasteiger partial charge >= 0.3 is 0 Å². The van der Waals surface area contributed by atoms with Crippen LogP contribution in [0, 0.1) is 11.2 Å². The van der Waals surface area contributed by atoms with Crippen molar-refractivity contribution in [3.63, 3.8) is 0 Å². The van der Waals surface area contributed by atoms with Crippen molar-refractivity contribution in [3.8, 4) is 5.75 Å². The smallest absolute Gasteiger partial charge is 0.296 e. The van der Waals surface area contributed by atoms with Crippen molar-refractivity contribution in [2.45, 2.75) is 50.6 Å². The number of halogens is 2. The van der Waals surface area contributed by atoms with Crippen LogP contribution in [0.25, 0.3) is 0 Å². The molecule has 0 spiro atoms. The van der Waals surface area contributed by atoms with E-state index >= 15 is 0 Å². The maximum absolute atomic E-state index is 13.6. The van der Waals surface area contributed by atoms with Crippen LogP contribution in [0.5, 0.6) is 5.75 Å². The third-order valence-electron chi connectivity index (χ3n) is 7.83. The summed E-state index contributed by atoms with van der Waals surface area (Å²) in [5, 5.41) is 13.5. The summed E-state index contributed by atoms with van der Waals surface area (Å²) in [6, 6.07) is 4.27. The zero-order valence-corrected chi connectivity index (χ0v) is 24.1. The molecular formula is C27H33BrFN5O5. The summed E-state index contributed by atoms with van der Waals surface area (Å²) in [5.74, 6) is -2.99. The second kappa shape index (κ2) is 10.8. The number of Topliss-reactive ketones (excluding diaryl/α,β-unsaturated/α-hetero) is 1. The lowest BCUT2D eigenvalue weighted by Gasteiger charge is -2.42. The van der Waals surface area contributed by atoms with E-state index in [1.807, 2.05) is 19.0 Å². The molecule has 1 aliphatic carbocycles. The van der Waals surface area contributed by atoms with Crippen molar-refractivity contribution in [1.29, 1.82) is 0 Å². The highest BCUT2D eigenvalue weighted by Gasteiger charge is 2.52. The van der Waals surface area contributed by atoms with Crippen LogP contribution in [-0.4, -0.2) is 76.8 Å². The molecule has 0 atom stereocenters. The number of nitrogens with one attached hydrogen (secondary N) is 1. The van der Waals surface area contributed by atoms with Crippen LogP contribution in [-0.2, 0) is 28.1 Å². The Kier molecular flexibility index (Phi) is 8.00. The Morgan fingerprint density at radius 2 is 1.82 bits per heavy atom. The Labute approximate surface area is 234 Å². The Morgan fingerprint density at radius 3 is 2.41 bits per heavy atom. The number of carbonyl (C=O) groups excluding carboxylic acids is 3. The van der Waals surface area contributed by atoms with Crippen molar-refractivity contribution in [3.05, 3.63) is 55.9 Å². The minimum atomic E-state index is -0.932. The highest BCUT2D eigenvalue weighted by Crippen LogP contribution is 2.52. The number of rotatable bonds is 8. The number of ketones is 1. The normalized spacial score (nSPS) is 21.8. The van der Waals surface area contributed by atoms with E-state index in [9.17, 15) is 28.7 Å². The molecule has 12 heteroatoms. The lowest BCUT2D eigenvalue weighted by molar-refractivity contribution is -0.144. The lowest BCUT2D eigenvalue weighted by Crippen LogP contribution is -2.43. The Morgan fingerprint density at radius 1 is 1.15 bits per heavy atom. The average molecular weight is 606 g/mol. The van der Waals surface area contributed by atoms with E-state index in [1.54, 1.807) is 0 Å². The fourth-order valence-electron chi connectivity index (χ4n) is 5.91. The van der Waals surface area contributed by atoms with Gasteiger partial charge in [0, 0.05) is 51.0 Å². The van der Waals surface area contributed by atoms with Gasteiger partial charge < -0.3 is 20.2 Å². The lowest BCUT2D eigenvalue weighted by atomic mass is 9.62. The van der Waals surface area contributed by atoms with E-state index in [0.29, 0.717) is 37.8 Å². The molecule has 1 saturated carbocycles. The van der Waals surface area contributed by atoms with Crippen LogP contribution in [0.1, 0.15) is 54.0 Å². The third-order valence-corrected chi connectivity index (χ3v) is 8.44. The van der Waals surface area contributed by atoms with Crippen molar-refractivity contribution in [2.75, 3.05) is 34.7 Å². The number of benzene rings is 1. The van der Waals surface area contributed by atoms with Crippen molar-refractivity contribution < 1.29 is 23.9 Å². The molecule has 0 unspecified atom stereocenters. The van der Waals surface area contributed by atoms with Gasteiger partial charge in [-0.1, -0.05) is 6.07 Å². The van der Waals surface area contributed by atoms with Crippen LogP contribution in [0.4, 0.5) is 4.39 Å². The van der Waals surface area contributed by atoms with E-state index in [1.165, 1.54) is 41.8 Å². The number of hydrogen-bond acceptors (Lipinski definition) is 7. The zero-order valence-electron chi connectivity index (χ0n) is 22.5. The van der Waals surface area contributed by atoms with Crippen molar-refractivity contribution >= 4 is 33.5 Å². The van der Waals surface area contributed by atoms with Gasteiger partial charge in [0.05, 0.1) is 4.47 Å². The molecular weight excluding hydrogens is 573 g/mol. The molecule has 1 fully saturated rings. The standard InChI is InChI=1S/C27H33BrFN5O5/c1-32(2)14-26-7-9-27(10-8-26,12-19(35)23(38)33(3)4)25-31-20(21(36)24(39)34(25)15-26)22(37)30-13-16-5-6-18(29)17(28)11-16/h5-6,11,36H,7-10,12-15H2,1-4H3,(H,30,37). The predicted octanol–water partition coefficient (Wildman–Crippen LogP) is 2.20. The quantitative estimate of drug-likeness (QED) is 0.442. The summed E-state index contributed by atoms with van der Waals surface area (Å²) in [4.78, 5) is 60.0. The Bertz CT molecular complexity index is 1380. The fourth-order valence-corrected chi connectivity index (χ4v) is 6.34. The highest BCUT2D eigenvalue weighted by molar-refractivity contribution is 9.10. The largest absolute Gasteiger partial charge is 0.501 e. The Balaban J connectivity index is 1.76. The van der Waals surface area contributed by atoms with Crippen molar-refractivity contribution in [1.82, 2.24) is 24.7 Å². The van der Waals surface area contributed by atoms with E-state index < -0.39 is 45.8 Å². The maximum atomic E-state index is 13.6. The molecule has 5 rings (SSSR count). The molecule has 1 aromatic heterocycles. The van der Waals surface area contributed by atoms with Gasteiger partial charge in [-0.05, 0) is 73.4 Å². The van der Waals surface area contributed by atoms with E-state index in [4.69, 9.17) is 0 Å². The summed E-state index contributed by atoms with van der Waals surface area (Å²) >= 11 is 3.11. The third kappa shape index (κ3) is 5.62. The van der Waals surface area contributed by atoms with Gasteiger partial charge in [0.25, 0.3) is 17.4 Å². The number of carbonyl (C=O) groups is 3. The van der Waals surface area contributed by atoms with Gasteiger partial charge in [-0.3, -0.25) is 23.7 Å². The van der Waals surface area contributed by atoms with Gasteiger partial charge in [0.2, 0.25) is 11.5 Å². The maximum Gasteiger partial charge on any atom is 0.296 e. The summed E-state index contributed by atoms with van der Waals surface area (Å²) in [6.07, 6.45) is 2.26. The molecule has 2 bridgehead atoms. The molecule has 210 valence electrons. The van der Waals surface area contributed by atoms with Gasteiger partial charge in [0.15, 0.2) is 5.69 Å². The molecule has 0 saturated heterocycles. The number of nitrogens with zero attached hydrogens (tertiary/aromatic N) is 4. The summed E-state index contributed by atoms with van der Waals surface area (Å²) in [7, 11) is 6.91. The monoisotopic (exact) mass is 605 g/mol. The van der Waals surface area contributed by atoms with Crippen LogP contribution in [0.2, 0.25) is 0 Å². The van der Waals surface area contributed by atoms with E-state index in [0.717, 1.165) is 0 Å². The first-order chi connectivity index (χ1) is 18.3. The van der Waals surface area contributed by atoms with Crippen LogP contribution >= 0.6 is 15.9 Å². The molecule has 3 heterocycles. The van der Waals surface area contributed by atoms with Gasteiger partial charge in [0.1, 0.15) is 11.6 Å². The topological polar surface area (TPSA) is 125 Å². The van der Waals surface area contributed by atoms with Crippen molar-refractivity contribution in [2.24, 2.45) is 5.41 Å². The summed E-state index contributed by atoms with van der Waals surface area (Å²) in [5.41, 5.74) is -1.82. The number of aromatic nitrogens is 2. The Hall–Kier alpha value is -3.12. The molecule has 3 aliphatic rings. The molecule has 10 nitrogen and oxygen atoms in total.